The molecule has 0 unspecified atom stereocenters. The van der Waals surface area contributed by atoms with E-state index in [-0.39, 0.29) is 17.4 Å². The summed E-state index contributed by atoms with van der Waals surface area (Å²) in [4.78, 5) is 0. The van der Waals surface area contributed by atoms with Crippen LogP contribution in [-0.2, 0) is 6.54 Å². The standard InChI is InChI=1S/C10H8ClF2N3/c1-6-14-15-10(11)16(6)5-7-4-8(12)2-3-9(7)13/h2-4H,5H2,1H3. The molecule has 16 heavy (non-hydrogen) atoms. The lowest BCUT2D eigenvalue weighted by Gasteiger charge is -2.06. The third-order valence-corrected chi connectivity index (χ3v) is 2.51. The molecule has 0 radical (unpaired) electrons. The lowest BCUT2D eigenvalue weighted by molar-refractivity contribution is 0.575. The zero-order chi connectivity index (χ0) is 11.7. The predicted octanol–water partition coefficient (Wildman–Crippen LogP) is 2.57. The highest BCUT2D eigenvalue weighted by atomic mass is 35.5. The van der Waals surface area contributed by atoms with Gasteiger partial charge >= 0.3 is 0 Å². The van der Waals surface area contributed by atoms with E-state index in [1.54, 1.807) is 6.92 Å². The molecule has 0 fully saturated rings. The van der Waals surface area contributed by atoms with Crippen molar-refractivity contribution in [3.8, 4) is 0 Å². The molecule has 1 aromatic heterocycles. The van der Waals surface area contributed by atoms with E-state index >= 15 is 0 Å². The van der Waals surface area contributed by atoms with Crippen LogP contribution in [0.4, 0.5) is 8.78 Å². The molecule has 0 aliphatic carbocycles. The van der Waals surface area contributed by atoms with Crippen molar-refractivity contribution in [2.75, 3.05) is 0 Å². The average Bonchev–Trinajstić information content (AvgIpc) is 2.55. The van der Waals surface area contributed by atoms with Gasteiger partial charge in [0.1, 0.15) is 17.5 Å². The number of rotatable bonds is 2. The van der Waals surface area contributed by atoms with Gasteiger partial charge in [-0.25, -0.2) is 8.78 Å². The minimum Gasteiger partial charge on any atom is -0.297 e. The first-order valence-corrected chi connectivity index (χ1v) is 4.95. The second-order valence-corrected chi connectivity index (χ2v) is 3.68. The predicted molar refractivity (Wildman–Crippen MR) is 55.2 cm³/mol. The number of hydrogen-bond donors (Lipinski definition) is 0. The molecule has 0 N–H and O–H groups in total. The SMILES string of the molecule is Cc1nnc(Cl)n1Cc1cc(F)ccc1F. The molecule has 0 spiro atoms. The Morgan fingerprint density at radius 3 is 2.69 bits per heavy atom. The van der Waals surface area contributed by atoms with Crippen LogP contribution in [0.25, 0.3) is 0 Å². The molecule has 84 valence electrons. The zero-order valence-corrected chi connectivity index (χ0v) is 9.17. The number of aromatic nitrogens is 3. The number of halogens is 3. The maximum Gasteiger partial charge on any atom is 0.225 e. The molecule has 3 nitrogen and oxygen atoms in total. The van der Waals surface area contributed by atoms with Gasteiger partial charge in [0, 0.05) is 5.56 Å². The van der Waals surface area contributed by atoms with Crippen molar-refractivity contribution >= 4 is 11.6 Å². The highest BCUT2D eigenvalue weighted by Crippen LogP contribution is 2.15. The van der Waals surface area contributed by atoms with Gasteiger partial charge in [0.25, 0.3) is 0 Å². The van der Waals surface area contributed by atoms with Crippen LogP contribution in [0.5, 0.6) is 0 Å². The van der Waals surface area contributed by atoms with Crippen LogP contribution in [0.3, 0.4) is 0 Å². The van der Waals surface area contributed by atoms with Gasteiger partial charge in [-0.15, -0.1) is 10.2 Å². The fourth-order valence-electron chi connectivity index (χ4n) is 1.37. The normalized spacial score (nSPS) is 10.8. The second-order valence-electron chi connectivity index (χ2n) is 3.34. The number of aryl methyl sites for hydroxylation is 1. The Morgan fingerprint density at radius 1 is 1.31 bits per heavy atom. The summed E-state index contributed by atoms with van der Waals surface area (Å²) in [5, 5.41) is 7.51. The Morgan fingerprint density at radius 2 is 2.06 bits per heavy atom. The lowest BCUT2D eigenvalue weighted by Crippen LogP contribution is -2.04. The Balaban J connectivity index is 2.37. The highest BCUT2D eigenvalue weighted by molar-refractivity contribution is 6.28. The maximum absolute atomic E-state index is 13.4. The Hall–Kier alpha value is -1.49. The molecule has 1 heterocycles. The summed E-state index contributed by atoms with van der Waals surface area (Å²) in [7, 11) is 0. The Labute approximate surface area is 95.7 Å². The van der Waals surface area contributed by atoms with Crippen LogP contribution < -0.4 is 0 Å². The van der Waals surface area contributed by atoms with Gasteiger partial charge in [-0.3, -0.25) is 4.57 Å². The smallest absolute Gasteiger partial charge is 0.225 e. The lowest BCUT2D eigenvalue weighted by atomic mass is 10.2. The highest BCUT2D eigenvalue weighted by Gasteiger charge is 2.10. The van der Waals surface area contributed by atoms with Crippen molar-refractivity contribution in [3.63, 3.8) is 0 Å². The van der Waals surface area contributed by atoms with Crippen LogP contribution in [0.2, 0.25) is 5.28 Å². The maximum atomic E-state index is 13.4. The fourth-order valence-corrected chi connectivity index (χ4v) is 1.59. The molecule has 6 heteroatoms. The first-order chi connectivity index (χ1) is 7.58. The molecule has 0 saturated heterocycles. The first-order valence-electron chi connectivity index (χ1n) is 4.57. The van der Waals surface area contributed by atoms with E-state index in [0.29, 0.717) is 5.82 Å². The summed E-state index contributed by atoms with van der Waals surface area (Å²) in [5.41, 5.74) is 0.213. The molecule has 0 saturated carbocycles. The summed E-state index contributed by atoms with van der Waals surface area (Å²) < 4.78 is 27.8. The van der Waals surface area contributed by atoms with Crippen LogP contribution in [0, 0.1) is 18.6 Å². The third kappa shape index (κ3) is 2.04. The van der Waals surface area contributed by atoms with Gasteiger partial charge < -0.3 is 0 Å². The van der Waals surface area contributed by atoms with Crippen LogP contribution in [-0.4, -0.2) is 14.8 Å². The third-order valence-electron chi connectivity index (χ3n) is 2.23. The average molecular weight is 244 g/mol. The second kappa shape index (κ2) is 4.17. The minimum atomic E-state index is -0.488. The molecular formula is C10H8ClF2N3. The largest absolute Gasteiger partial charge is 0.297 e. The molecule has 0 aliphatic rings. The zero-order valence-electron chi connectivity index (χ0n) is 8.41. The summed E-state index contributed by atoms with van der Waals surface area (Å²) >= 11 is 5.76. The van der Waals surface area contributed by atoms with E-state index < -0.39 is 11.6 Å². The van der Waals surface area contributed by atoms with E-state index in [1.807, 2.05) is 0 Å². The van der Waals surface area contributed by atoms with Crippen molar-refractivity contribution in [2.24, 2.45) is 0 Å². The van der Waals surface area contributed by atoms with E-state index in [0.717, 1.165) is 18.2 Å². The van der Waals surface area contributed by atoms with E-state index in [2.05, 4.69) is 10.2 Å². The van der Waals surface area contributed by atoms with Crippen molar-refractivity contribution in [3.05, 3.63) is 46.5 Å². The molecule has 0 amide bonds. The monoisotopic (exact) mass is 243 g/mol. The minimum absolute atomic E-state index is 0.112. The van der Waals surface area contributed by atoms with Gasteiger partial charge in [-0.05, 0) is 36.7 Å². The van der Waals surface area contributed by atoms with Crippen LogP contribution >= 0.6 is 11.6 Å². The molecule has 1 aromatic carbocycles. The number of hydrogen-bond acceptors (Lipinski definition) is 2. The topological polar surface area (TPSA) is 30.7 Å². The quantitative estimate of drug-likeness (QED) is 0.812. The molecular weight excluding hydrogens is 236 g/mol. The Kier molecular flexibility index (Phi) is 2.87. The van der Waals surface area contributed by atoms with Crippen molar-refractivity contribution in [1.29, 1.82) is 0 Å². The fraction of sp³-hybridized carbons (Fsp3) is 0.200. The van der Waals surface area contributed by atoms with Gasteiger partial charge in [-0.1, -0.05) is 0 Å². The molecule has 0 bridgehead atoms. The molecule has 2 rings (SSSR count). The van der Waals surface area contributed by atoms with Crippen molar-refractivity contribution in [1.82, 2.24) is 14.8 Å². The molecule has 0 atom stereocenters. The molecule has 2 aromatic rings. The summed E-state index contributed by atoms with van der Waals surface area (Å²) in [6.45, 7) is 1.80. The Bertz CT molecular complexity index is 505. The summed E-state index contributed by atoms with van der Waals surface area (Å²) in [6.07, 6.45) is 0. The summed E-state index contributed by atoms with van der Waals surface area (Å²) in [6, 6.07) is 3.28. The van der Waals surface area contributed by atoms with Crippen LogP contribution in [0.1, 0.15) is 11.4 Å². The van der Waals surface area contributed by atoms with E-state index in [1.165, 1.54) is 4.57 Å². The van der Waals surface area contributed by atoms with E-state index in [4.69, 9.17) is 11.6 Å². The van der Waals surface area contributed by atoms with E-state index in [9.17, 15) is 8.78 Å². The van der Waals surface area contributed by atoms with Crippen molar-refractivity contribution in [2.45, 2.75) is 13.5 Å². The van der Waals surface area contributed by atoms with Crippen molar-refractivity contribution < 1.29 is 8.78 Å². The van der Waals surface area contributed by atoms with Gasteiger partial charge in [0.2, 0.25) is 5.28 Å². The summed E-state index contributed by atoms with van der Waals surface area (Å²) in [5.74, 6) is -0.419. The number of benzene rings is 1. The number of nitrogens with zero attached hydrogens (tertiary/aromatic N) is 3. The van der Waals surface area contributed by atoms with Gasteiger partial charge in [-0.2, -0.15) is 0 Å². The first kappa shape index (κ1) is 11.0. The van der Waals surface area contributed by atoms with Gasteiger partial charge in [0.15, 0.2) is 0 Å². The molecule has 0 aliphatic heterocycles. The van der Waals surface area contributed by atoms with Crippen LogP contribution in [0.15, 0.2) is 18.2 Å². The van der Waals surface area contributed by atoms with Gasteiger partial charge in [0.05, 0.1) is 6.54 Å².